The highest BCUT2D eigenvalue weighted by atomic mass is 16.2. The minimum atomic E-state index is -0.0588. The fourth-order valence-electron chi connectivity index (χ4n) is 2.74. The molecule has 0 bridgehead atoms. The molecule has 130 valence electrons. The van der Waals surface area contributed by atoms with E-state index in [4.69, 9.17) is 0 Å². The highest BCUT2D eigenvalue weighted by Crippen LogP contribution is 2.30. The molecule has 1 saturated carbocycles. The molecule has 4 heteroatoms. The van der Waals surface area contributed by atoms with Gasteiger partial charge in [-0.1, -0.05) is 42.5 Å². The molecule has 1 atom stereocenters. The van der Waals surface area contributed by atoms with Crippen molar-refractivity contribution in [2.24, 2.45) is 5.92 Å². The second-order valence-corrected chi connectivity index (χ2v) is 6.66. The van der Waals surface area contributed by atoms with Crippen LogP contribution in [-0.2, 0) is 16.0 Å². The third-order valence-electron chi connectivity index (χ3n) is 4.49. The Kier molecular flexibility index (Phi) is 5.49. The van der Waals surface area contributed by atoms with E-state index < -0.39 is 0 Å². The van der Waals surface area contributed by atoms with Crippen LogP contribution < -0.4 is 10.6 Å². The zero-order valence-electron chi connectivity index (χ0n) is 14.5. The van der Waals surface area contributed by atoms with Gasteiger partial charge in [0.1, 0.15) is 0 Å². The lowest BCUT2D eigenvalue weighted by Crippen LogP contribution is -2.26. The lowest BCUT2D eigenvalue weighted by molar-refractivity contribution is -0.121. The smallest absolute Gasteiger partial charge is 0.227 e. The number of carbonyl (C=O) groups is 2. The molecule has 0 heterocycles. The first-order valence-corrected chi connectivity index (χ1v) is 8.86. The van der Waals surface area contributed by atoms with Crippen LogP contribution in [0.5, 0.6) is 0 Å². The molecule has 0 aliphatic heterocycles. The highest BCUT2D eigenvalue weighted by Gasteiger charge is 2.29. The normalized spacial score (nSPS) is 14.6. The fraction of sp³-hybridized carbons (Fsp3) is 0.333. The molecule has 0 saturated heterocycles. The maximum absolute atomic E-state index is 12.1. The summed E-state index contributed by atoms with van der Waals surface area (Å²) in [6, 6.07) is 17.6. The van der Waals surface area contributed by atoms with Crippen LogP contribution in [0.25, 0.3) is 0 Å². The van der Waals surface area contributed by atoms with Gasteiger partial charge in [0.15, 0.2) is 0 Å². The van der Waals surface area contributed by atoms with Crippen molar-refractivity contribution in [3.8, 4) is 0 Å². The predicted molar refractivity (Wildman–Crippen MR) is 99.1 cm³/mol. The molecule has 0 spiro atoms. The maximum atomic E-state index is 12.1. The van der Waals surface area contributed by atoms with Gasteiger partial charge in [-0.05, 0) is 49.4 Å². The molecule has 2 aromatic carbocycles. The number of benzene rings is 2. The summed E-state index contributed by atoms with van der Waals surface area (Å²) in [5.74, 6) is 0.347. The van der Waals surface area contributed by atoms with Crippen LogP contribution in [0.3, 0.4) is 0 Å². The number of hydrogen-bond donors (Lipinski definition) is 2. The third kappa shape index (κ3) is 5.18. The third-order valence-corrected chi connectivity index (χ3v) is 4.49. The second-order valence-electron chi connectivity index (χ2n) is 6.66. The maximum Gasteiger partial charge on any atom is 0.227 e. The molecule has 25 heavy (non-hydrogen) atoms. The molecule has 1 aliphatic rings. The van der Waals surface area contributed by atoms with Gasteiger partial charge in [-0.2, -0.15) is 0 Å². The average Bonchev–Trinajstić information content (AvgIpc) is 3.46. The van der Waals surface area contributed by atoms with Crippen LogP contribution in [0.2, 0.25) is 0 Å². The summed E-state index contributed by atoms with van der Waals surface area (Å²) in [6.45, 7) is 1.97. The number of rotatable bonds is 7. The van der Waals surface area contributed by atoms with E-state index in [1.165, 1.54) is 5.56 Å². The fourth-order valence-corrected chi connectivity index (χ4v) is 2.74. The summed E-state index contributed by atoms with van der Waals surface area (Å²) in [7, 11) is 0. The first kappa shape index (κ1) is 17.2. The molecule has 2 amide bonds. The van der Waals surface area contributed by atoms with Gasteiger partial charge in [0, 0.05) is 18.0 Å². The lowest BCUT2D eigenvalue weighted by atomic mass is 10.1. The van der Waals surface area contributed by atoms with E-state index in [0.717, 1.165) is 30.5 Å². The van der Waals surface area contributed by atoms with E-state index >= 15 is 0 Å². The number of carbonyl (C=O) groups excluding carboxylic acids is 2. The second kappa shape index (κ2) is 7.97. The standard InChI is InChI=1S/C21H24N2O2/c1-15(22-20(24)14-7-16-5-3-2-4-6-16)17-10-12-19(13-11-17)23-21(25)18-8-9-18/h2-6,10-13,15,18H,7-9,14H2,1H3,(H,22,24)(H,23,25). The summed E-state index contributed by atoms with van der Waals surface area (Å²) in [5.41, 5.74) is 3.00. The molecule has 2 aromatic rings. The molecule has 1 aliphatic carbocycles. The molecule has 0 radical (unpaired) electrons. The number of aryl methyl sites for hydroxylation is 1. The summed E-state index contributed by atoms with van der Waals surface area (Å²) in [5, 5.41) is 5.95. The molecular weight excluding hydrogens is 312 g/mol. The molecule has 0 aromatic heterocycles. The van der Waals surface area contributed by atoms with Crippen LogP contribution in [0.15, 0.2) is 54.6 Å². The van der Waals surface area contributed by atoms with E-state index in [1.807, 2.05) is 61.5 Å². The van der Waals surface area contributed by atoms with Gasteiger partial charge in [-0.15, -0.1) is 0 Å². The van der Waals surface area contributed by atoms with Gasteiger partial charge in [-0.25, -0.2) is 0 Å². The minimum Gasteiger partial charge on any atom is -0.350 e. The predicted octanol–water partition coefficient (Wildman–Crippen LogP) is 3.85. The minimum absolute atomic E-state index is 0.0439. The number of amides is 2. The monoisotopic (exact) mass is 336 g/mol. The number of anilines is 1. The molecule has 3 rings (SSSR count). The topological polar surface area (TPSA) is 58.2 Å². The highest BCUT2D eigenvalue weighted by molar-refractivity contribution is 5.94. The molecular formula is C21H24N2O2. The Morgan fingerprint density at radius 1 is 1.04 bits per heavy atom. The Bertz CT molecular complexity index is 721. The van der Waals surface area contributed by atoms with Crippen LogP contribution in [-0.4, -0.2) is 11.8 Å². The first-order chi connectivity index (χ1) is 12.1. The van der Waals surface area contributed by atoms with E-state index in [-0.39, 0.29) is 23.8 Å². The van der Waals surface area contributed by atoms with Crippen molar-refractivity contribution in [2.75, 3.05) is 5.32 Å². The lowest BCUT2D eigenvalue weighted by Gasteiger charge is -2.15. The van der Waals surface area contributed by atoms with E-state index in [1.54, 1.807) is 0 Å². The van der Waals surface area contributed by atoms with Gasteiger partial charge in [0.05, 0.1) is 6.04 Å². The molecule has 1 fully saturated rings. The molecule has 4 nitrogen and oxygen atoms in total. The van der Waals surface area contributed by atoms with Crippen molar-refractivity contribution >= 4 is 17.5 Å². The Morgan fingerprint density at radius 2 is 1.72 bits per heavy atom. The Hall–Kier alpha value is -2.62. The van der Waals surface area contributed by atoms with Gasteiger partial charge in [-0.3, -0.25) is 9.59 Å². The average molecular weight is 336 g/mol. The number of nitrogens with one attached hydrogen (secondary N) is 2. The van der Waals surface area contributed by atoms with Crippen molar-refractivity contribution in [1.82, 2.24) is 5.32 Å². The Balaban J connectivity index is 1.47. The van der Waals surface area contributed by atoms with Crippen LogP contribution in [0.1, 0.15) is 43.4 Å². The zero-order valence-corrected chi connectivity index (χ0v) is 14.5. The zero-order chi connectivity index (χ0) is 17.6. The SMILES string of the molecule is CC(NC(=O)CCc1ccccc1)c1ccc(NC(=O)C2CC2)cc1. The van der Waals surface area contributed by atoms with Crippen LogP contribution >= 0.6 is 0 Å². The summed E-state index contributed by atoms with van der Waals surface area (Å²) >= 11 is 0. The Labute approximate surface area is 148 Å². The van der Waals surface area contributed by atoms with Gasteiger partial charge >= 0.3 is 0 Å². The van der Waals surface area contributed by atoms with Gasteiger partial charge in [0.2, 0.25) is 11.8 Å². The quantitative estimate of drug-likeness (QED) is 0.807. The molecule has 1 unspecified atom stereocenters. The van der Waals surface area contributed by atoms with E-state index in [2.05, 4.69) is 10.6 Å². The number of hydrogen-bond acceptors (Lipinski definition) is 2. The van der Waals surface area contributed by atoms with Crippen LogP contribution in [0.4, 0.5) is 5.69 Å². The molecule has 2 N–H and O–H groups in total. The summed E-state index contributed by atoms with van der Waals surface area (Å²) in [6.07, 6.45) is 3.21. The van der Waals surface area contributed by atoms with Crippen molar-refractivity contribution < 1.29 is 9.59 Å². The first-order valence-electron chi connectivity index (χ1n) is 8.86. The largest absolute Gasteiger partial charge is 0.350 e. The summed E-state index contributed by atoms with van der Waals surface area (Å²) in [4.78, 5) is 23.9. The van der Waals surface area contributed by atoms with Crippen molar-refractivity contribution in [2.45, 2.75) is 38.6 Å². The van der Waals surface area contributed by atoms with Crippen LogP contribution in [0, 0.1) is 5.92 Å². The van der Waals surface area contributed by atoms with Gasteiger partial charge in [0.25, 0.3) is 0 Å². The van der Waals surface area contributed by atoms with Gasteiger partial charge < -0.3 is 10.6 Å². The van der Waals surface area contributed by atoms with E-state index in [0.29, 0.717) is 6.42 Å². The van der Waals surface area contributed by atoms with Crippen molar-refractivity contribution in [3.05, 3.63) is 65.7 Å². The van der Waals surface area contributed by atoms with Crippen molar-refractivity contribution in [1.29, 1.82) is 0 Å². The summed E-state index contributed by atoms with van der Waals surface area (Å²) < 4.78 is 0. The van der Waals surface area contributed by atoms with E-state index in [9.17, 15) is 9.59 Å². The van der Waals surface area contributed by atoms with Crippen molar-refractivity contribution in [3.63, 3.8) is 0 Å². The Morgan fingerprint density at radius 3 is 2.36 bits per heavy atom.